The second kappa shape index (κ2) is 4.77. The van der Waals surface area contributed by atoms with Crippen LogP contribution < -0.4 is 5.32 Å². The van der Waals surface area contributed by atoms with Gasteiger partial charge >= 0.3 is 0 Å². The quantitative estimate of drug-likeness (QED) is 0.786. The zero-order chi connectivity index (χ0) is 10.7. The van der Waals surface area contributed by atoms with Gasteiger partial charge in [-0.25, -0.2) is 0 Å². The molecular weight excluding hydrogens is 186 g/mol. The molecule has 1 aromatic carbocycles. The van der Waals surface area contributed by atoms with Crippen LogP contribution in [0.2, 0.25) is 0 Å². The average molecular weight is 205 g/mol. The highest BCUT2D eigenvalue weighted by molar-refractivity contribution is 5.37. The molecule has 2 N–H and O–H groups in total. The van der Waals surface area contributed by atoms with Gasteiger partial charge in [-0.05, 0) is 49.4 Å². The van der Waals surface area contributed by atoms with Gasteiger partial charge in [0.25, 0.3) is 0 Å². The van der Waals surface area contributed by atoms with Crippen molar-refractivity contribution in [3.05, 3.63) is 34.9 Å². The van der Waals surface area contributed by atoms with Gasteiger partial charge in [0.1, 0.15) is 0 Å². The number of fused-ring (bicyclic) bond motifs is 1. The van der Waals surface area contributed by atoms with Gasteiger partial charge in [0.05, 0.1) is 6.10 Å². The molecule has 0 amide bonds. The van der Waals surface area contributed by atoms with E-state index in [4.69, 9.17) is 0 Å². The summed E-state index contributed by atoms with van der Waals surface area (Å²) in [5.74, 6) is 0. The molecule has 1 aromatic rings. The fourth-order valence-electron chi connectivity index (χ4n) is 2.21. The Bertz CT molecular complexity index is 333. The monoisotopic (exact) mass is 205 g/mol. The Morgan fingerprint density at radius 2 is 2.33 bits per heavy atom. The highest BCUT2D eigenvalue weighted by Gasteiger charge is 2.12. The molecule has 0 bridgehead atoms. The fourth-order valence-corrected chi connectivity index (χ4v) is 2.21. The van der Waals surface area contributed by atoms with E-state index in [1.807, 2.05) is 6.92 Å². The van der Waals surface area contributed by atoms with E-state index < -0.39 is 0 Å². The lowest BCUT2D eigenvalue weighted by Gasteiger charge is -2.20. The Balaban J connectivity index is 2.16. The van der Waals surface area contributed by atoms with Gasteiger partial charge in [0.15, 0.2) is 0 Å². The van der Waals surface area contributed by atoms with Gasteiger partial charge in [0, 0.05) is 6.54 Å². The van der Waals surface area contributed by atoms with Gasteiger partial charge in [-0.15, -0.1) is 0 Å². The molecular formula is C13H19NO. The van der Waals surface area contributed by atoms with E-state index in [-0.39, 0.29) is 6.10 Å². The van der Waals surface area contributed by atoms with E-state index in [9.17, 15) is 5.11 Å². The van der Waals surface area contributed by atoms with E-state index in [0.717, 1.165) is 32.4 Å². The van der Waals surface area contributed by atoms with Gasteiger partial charge in [-0.2, -0.15) is 0 Å². The lowest BCUT2D eigenvalue weighted by atomic mass is 9.92. The van der Waals surface area contributed by atoms with Crippen LogP contribution in [-0.4, -0.2) is 17.8 Å². The van der Waals surface area contributed by atoms with Crippen molar-refractivity contribution in [2.45, 2.75) is 38.8 Å². The summed E-state index contributed by atoms with van der Waals surface area (Å²) < 4.78 is 0. The van der Waals surface area contributed by atoms with Crippen molar-refractivity contribution in [1.29, 1.82) is 0 Å². The molecule has 0 saturated carbocycles. The minimum Gasteiger partial charge on any atom is -0.393 e. The summed E-state index contributed by atoms with van der Waals surface area (Å²) >= 11 is 0. The number of hydrogen-bond donors (Lipinski definition) is 2. The molecule has 1 heterocycles. The third-order valence-electron chi connectivity index (χ3n) is 3.07. The molecule has 0 fully saturated rings. The summed E-state index contributed by atoms with van der Waals surface area (Å²) in [4.78, 5) is 0. The summed E-state index contributed by atoms with van der Waals surface area (Å²) in [7, 11) is 0. The topological polar surface area (TPSA) is 32.3 Å². The summed E-state index contributed by atoms with van der Waals surface area (Å²) in [5.41, 5.74) is 4.37. The van der Waals surface area contributed by atoms with Crippen LogP contribution in [0.15, 0.2) is 18.2 Å². The first-order chi connectivity index (χ1) is 7.27. The first-order valence-corrected chi connectivity index (χ1v) is 5.76. The maximum atomic E-state index is 9.31. The molecule has 0 radical (unpaired) electrons. The lowest BCUT2D eigenvalue weighted by molar-refractivity contribution is 0.185. The predicted octanol–water partition coefficient (Wildman–Crippen LogP) is 1.65. The Labute approximate surface area is 91.3 Å². The number of aliphatic hydroxyl groups excluding tert-OH is 1. The maximum Gasteiger partial charge on any atom is 0.0515 e. The molecule has 0 spiro atoms. The molecule has 0 aliphatic carbocycles. The van der Waals surface area contributed by atoms with Crippen molar-refractivity contribution in [2.75, 3.05) is 6.54 Å². The van der Waals surface area contributed by atoms with Crippen LogP contribution in [0, 0.1) is 0 Å². The molecule has 15 heavy (non-hydrogen) atoms. The van der Waals surface area contributed by atoms with E-state index in [1.54, 1.807) is 0 Å². The number of aliphatic hydroxyl groups is 1. The molecule has 1 unspecified atom stereocenters. The predicted molar refractivity (Wildman–Crippen MR) is 61.9 cm³/mol. The van der Waals surface area contributed by atoms with Crippen molar-refractivity contribution < 1.29 is 5.11 Å². The van der Waals surface area contributed by atoms with Crippen molar-refractivity contribution in [2.24, 2.45) is 0 Å². The van der Waals surface area contributed by atoms with Crippen LogP contribution in [-0.2, 0) is 19.4 Å². The smallest absolute Gasteiger partial charge is 0.0515 e. The van der Waals surface area contributed by atoms with Gasteiger partial charge in [-0.3, -0.25) is 0 Å². The number of aryl methyl sites for hydroxylation is 1. The van der Waals surface area contributed by atoms with Crippen LogP contribution in [0.25, 0.3) is 0 Å². The van der Waals surface area contributed by atoms with Gasteiger partial charge in [0.2, 0.25) is 0 Å². The fraction of sp³-hybridized carbons (Fsp3) is 0.538. The summed E-state index contributed by atoms with van der Waals surface area (Å²) in [5, 5.41) is 12.7. The van der Waals surface area contributed by atoms with Crippen LogP contribution in [0.4, 0.5) is 0 Å². The van der Waals surface area contributed by atoms with E-state index in [0.29, 0.717) is 0 Å². The third kappa shape index (κ3) is 2.58. The Morgan fingerprint density at radius 3 is 3.13 bits per heavy atom. The summed E-state index contributed by atoms with van der Waals surface area (Å²) in [6, 6.07) is 6.53. The molecule has 1 atom stereocenters. The van der Waals surface area contributed by atoms with Crippen LogP contribution >= 0.6 is 0 Å². The minimum absolute atomic E-state index is 0.192. The molecule has 2 nitrogen and oxygen atoms in total. The average Bonchev–Trinajstić information content (AvgIpc) is 2.26. The molecule has 82 valence electrons. The number of hydrogen-bond acceptors (Lipinski definition) is 2. The van der Waals surface area contributed by atoms with Crippen molar-refractivity contribution in [3.63, 3.8) is 0 Å². The van der Waals surface area contributed by atoms with Crippen molar-refractivity contribution >= 4 is 0 Å². The largest absolute Gasteiger partial charge is 0.393 e. The van der Waals surface area contributed by atoms with Crippen LogP contribution in [0.3, 0.4) is 0 Å². The summed E-state index contributed by atoms with van der Waals surface area (Å²) in [6.45, 7) is 3.94. The van der Waals surface area contributed by atoms with Gasteiger partial charge < -0.3 is 10.4 Å². The second-order valence-corrected chi connectivity index (χ2v) is 4.37. The number of benzene rings is 1. The normalized spacial score (nSPS) is 17.2. The zero-order valence-corrected chi connectivity index (χ0v) is 9.29. The van der Waals surface area contributed by atoms with Crippen molar-refractivity contribution in [1.82, 2.24) is 5.32 Å². The molecule has 1 aliphatic heterocycles. The maximum absolute atomic E-state index is 9.31. The Kier molecular flexibility index (Phi) is 3.39. The van der Waals surface area contributed by atoms with Crippen LogP contribution in [0.5, 0.6) is 0 Å². The van der Waals surface area contributed by atoms with Gasteiger partial charge in [-0.1, -0.05) is 18.2 Å². The van der Waals surface area contributed by atoms with Crippen LogP contribution in [0.1, 0.15) is 30.0 Å². The summed E-state index contributed by atoms with van der Waals surface area (Å²) in [6.07, 6.45) is 2.80. The molecule has 0 aromatic heterocycles. The first-order valence-electron chi connectivity index (χ1n) is 5.76. The zero-order valence-electron chi connectivity index (χ0n) is 9.29. The number of rotatable bonds is 3. The minimum atomic E-state index is -0.192. The number of nitrogens with one attached hydrogen (secondary N) is 1. The SMILES string of the molecule is CC(O)CCc1cccc2c1CCNC2. The van der Waals surface area contributed by atoms with E-state index in [1.165, 1.54) is 16.7 Å². The molecule has 0 saturated heterocycles. The highest BCUT2D eigenvalue weighted by Crippen LogP contribution is 2.20. The third-order valence-corrected chi connectivity index (χ3v) is 3.07. The molecule has 2 rings (SSSR count). The molecule has 2 heteroatoms. The highest BCUT2D eigenvalue weighted by atomic mass is 16.3. The Hall–Kier alpha value is -0.860. The first kappa shape index (κ1) is 10.7. The molecule has 1 aliphatic rings. The standard InChI is InChI=1S/C13H19NO/c1-10(15)5-6-11-3-2-4-12-9-14-8-7-13(11)12/h2-4,10,14-15H,5-9H2,1H3. The van der Waals surface area contributed by atoms with E-state index in [2.05, 4.69) is 23.5 Å². The van der Waals surface area contributed by atoms with E-state index >= 15 is 0 Å². The lowest BCUT2D eigenvalue weighted by Crippen LogP contribution is -2.24. The second-order valence-electron chi connectivity index (χ2n) is 4.37. The Morgan fingerprint density at radius 1 is 1.47 bits per heavy atom. The van der Waals surface area contributed by atoms with Crippen molar-refractivity contribution in [3.8, 4) is 0 Å².